The minimum atomic E-state index is -0.143. The molecule has 0 aromatic carbocycles. The fourth-order valence-corrected chi connectivity index (χ4v) is 2.10. The quantitative estimate of drug-likeness (QED) is 0.818. The molecular formula is C12H21N3O2. The summed E-state index contributed by atoms with van der Waals surface area (Å²) in [5.74, 6) is 0. The van der Waals surface area contributed by atoms with E-state index in [0.29, 0.717) is 6.61 Å². The number of aromatic nitrogens is 2. The van der Waals surface area contributed by atoms with Gasteiger partial charge in [-0.15, -0.1) is 0 Å². The van der Waals surface area contributed by atoms with Gasteiger partial charge in [0, 0.05) is 51.5 Å². The molecule has 1 saturated heterocycles. The van der Waals surface area contributed by atoms with Gasteiger partial charge in [-0.05, 0) is 6.92 Å². The molecule has 1 fully saturated rings. The fraction of sp³-hybridized carbons (Fsp3) is 0.750. The van der Waals surface area contributed by atoms with Gasteiger partial charge in [-0.1, -0.05) is 0 Å². The van der Waals surface area contributed by atoms with Gasteiger partial charge < -0.3 is 14.8 Å². The highest BCUT2D eigenvalue weighted by Crippen LogP contribution is 2.21. The molecule has 1 aliphatic heterocycles. The number of nitrogens with zero attached hydrogens (tertiary/aromatic N) is 2. The molecule has 1 aromatic rings. The molecule has 1 N–H and O–H groups in total. The number of aryl methyl sites for hydroxylation is 1. The zero-order valence-corrected chi connectivity index (χ0v) is 10.8. The van der Waals surface area contributed by atoms with Crippen molar-refractivity contribution in [1.29, 1.82) is 0 Å². The van der Waals surface area contributed by atoms with Crippen molar-refractivity contribution in [3.05, 3.63) is 17.5 Å². The van der Waals surface area contributed by atoms with Gasteiger partial charge in [-0.3, -0.25) is 4.68 Å². The lowest BCUT2D eigenvalue weighted by atomic mass is 10.0. The van der Waals surface area contributed by atoms with Crippen LogP contribution in [0, 0.1) is 6.92 Å². The monoisotopic (exact) mass is 239 g/mol. The largest absolute Gasteiger partial charge is 0.378 e. The van der Waals surface area contributed by atoms with Gasteiger partial charge in [0.05, 0.1) is 12.8 Å². The molecule has 2 heterocycles. The number of nitrogens with one attached hydrogen (secondary N) is 1. The molecule has 5 heteroatoms. The molecule has 17 heavy (non-hydrogen) atoms. The Balaban J connectivity index is 1.85. The number of hydrogen-bond acceptors (Lipinski definition) is 4. The summed E-state index contributed by atoms with van der Waals surface area (Å²) in [5.41, 5.74) is 2.29. The van der Waals surface area contributed by atoms with Crippen molar-refractivity contribution in [1.82, 2.24) is 15.1 Å². The van der Waals surface area contributed by atoms with E-state index < -0.39 is 0 Å². The number of ether oxygens (including phenoxy) is 2. The Morgan fingerprint density at radius 2 is 2.47 bits per heavy atom. The molecule has 2 rings (SSSR count). The van der Waals surface area contributed by atoms with Crippen LogP contribution in [0.4, 0.5) is 0 Å². The van der Waals surface area contributed by atoms with E-state index in [-0.39, 0.29) is 5.60 Å². The average Bonchev–Trinajstić information content (AvgIpc) is 2.92. The molecule has 1 unspecified atom stereocenters. The van der Waals surface area contributed by atoms with Crippen LogP contribution < -0.4 is 5.32 Å². The van der Waals surface area contributed by atoms with E-state index in [1.165, 1.54) is 11.3 Å². The van der Waals surface area contributed by atoms with Crippen LogP contribution in [0.1, 0.15) is 17.7 Å². The summed E-state index contributed by atoms with van der Waals surface area (Å²) >= 11 is 0. The van der Waals surface area contributed by atoms with Crippen molar-refractivity contribution >= 4 is 0 Å². The Labute approximate surface area is 102 Å². The van der Waals surface area contributed by atoms with Gasteiger partial charge in [0.25, 0.3) is 0 Å². The second-order valence-electron chi connectivity index (χ2n) is 4.67. The lowest BCUT2D eigenvalue weighted by Crippen LogP contribution is -2.42. The molecule has 0 amide bonds. The van der Waals surface area contributed by atoms with E-state index >= 15 is 0 Å². The van der Waals surface area contributed by atoms with Crippen LogP contribution in [0.2, 0.25) is 0 Å². The highest BCUT2D eigenvalue weighted by molar-refractivity contribution is 5.15. The zero-order valence-electron chi connectivity index (χ0n) is 10.8. The lowest BCUT2D eigenvalue weighted by molar-refractivity contribution is -0.0159. The minimum Gasteiger partial charge on any atom is -0.378 e. The maximum absolute atomic E-state index is 5.56. The van der Waals surface area contributed by atoms with Crippen molar-refractivity contribution in [2.45, 2.75) is 25.5 Å². The van der Waals surface area contributed by atoms with Crippen LogP contribution >= 0.6 is 0 Å². The third-order valence-corrected chi connectivity index (χ3v) is 3.60. The van der Waals surface area contributed by atoms with E-state index in [1.807, 2.05) is 17.9 Å². The van der Waals surface area contributed by atoms with E-state index in [1.54, 1.807) is 7.11 Å². The van der Waals surface area contributed by atoms with Crippen LogP contribution in [0.5, 0.6) is 0 Å². The molecule has 1 aromatic heterocycles. The van der Waals surface area contributed by atoms with Gasteiger partial charge >= 0.3 is 0 Å². The van der Waals surface area contributed by atoms with Crippen molar-refractivity contribution in [3.63, 3.8) is 0 Å². The predicted molar refractivity (Wildman–Crippen MR) is 64.8 cm³/mol. The normalized spacial score (nSPS) is 24.4. The van der Waals surface area contributed by atoms with Gasteiger partial charge in [0.2, 0.25) is 0 Å². The van der Waals surface area contributed by atoms with Crippen LogP contribution in [0.15, 0.2) is 6.20 Å². The Kier molecular flexibility index (Phi) is 3.81. The highest BCUT2D eigenvalue weighted by Gasteiger charge is 2.34. The van der Waals surface area contributed by atoms with Crippen molar-refractivity contribution in [2.24, 2.45) is 7.05 Å². The van der Waals surface area contributed by atoms with Crippen LogP contribution in [0.3, 0.4) is 0 Å². The minimum absolute atomic E-state index is 0.143. The van der Waals surface area contributed by atoms with E-state index in [9.17, 15) is 0 Å². The standard InChI is InChI=1S/C12H21N3O2/c1-10-11(7-14-15(10)2)6-13-8-12(16-3)4-5-17-9-12/h7,13H,4-6,8-9H2,1-3H3. The summed E-state index contributed by atoms with van der Waals surface area (Å²) in [7, 11) is 3.71. The van der Waals surface area contributed by atoms with Gasteiger partial charge in [0.1, 0.15) is 5.60 Å². The molecule has 5 nitrogen and oxygen atoms in total. The lowest BCUT2D eigenvalue weighted by Gasteiger charge is -2.25. The Morgan fingerprint density at radius 3 is 3.00 bits per heavy atom. The predicted octanol–water partition coefficient (Wildman–Crippen LogP) is 0.624. The average molecular weight is 239 g/mol. The second-order valence-corrected chi connectivity index (χ2v) is 4.67. The summed E-state index contributed by atoms with van der Waals surface area (Å²) in [6.07, 6.45) is 2.87. The summed E-state index contributed by atoms with van der Waals surface area (Å²) in [6.45, 7) is 5.20. The summed E-state index contributed by atoms with van der Waals surface area (Å²) in [5, 5.41) is 7.66. The van der Waals surface area contributed by atoms with E-state index in [0.717, 1.165) is 26.1 Å². The molecule has 0 radical (unpaired) electrons. The summed E-state index contributed by atoms with van der Waals surface area (Å²) < 4.78 is 12.9. The topological polar surface area (TPSA) is 48.3 Å². The first-order chi connectivity index (χ1) is 8.17. The first-order valence-electron chi connectivity index (χ1n) is 5.98. The SMILES string of the molecule is COC1(CNCc2cnn(C)c2C)CCOC1. The molecule has 0 aliphatic carbocycles. The molecule has 1 atom stereocenters. The maximum Gasteiger partial charge on any atom is 0.106 e. The van der Waals surface area contributed by atoms with Crippen molar-refractivity contribution in [3.8, 4) is 0 Å². The molecule has 96 valence electrons. The Hall–Kier alpha value is -0.910. The van der Waals surface area contributed by atoms with Crippen molar-refractivity contribution < 1.29 is 9.47 Å². The Morgan fingerprint density at radius 1 is 1.65 bits per heavy atom. The van der Waals surface area contributed by atoms with Gasteiger partial charge in [-0.2, -0.15) is 5.10 Å². The van der Waals surface area contributed by atoms with E-state index in [2.05, 4.69) is 17.3 Å². The van der Waals surface area contributed by atoms with Crippen LogP contribution in [0.25, 0.3) is 0 Å². The summed E-state index contributed by atoms with van der Waals surface area (Å²) in [4.78, 5) is 0. The first-order valence-corrected chi connectivity index (χ1v) is 5.98. The third-order valence-electron chi connectivity index (χ3n) is 3.60. The maximum atomic E-state index is 5.56. The van der Waals surface area contributed by atoms with Crippen molar-refractivity contribution in [2.75, 3.05) is 26.9 Å². The third kappa shape index (κ3) is 2.68. The molecule has 1 aliphatic rings. The molecule has 0 spiro atoms. The first kappa shape index (κ1) is 12.5. The van der Waals surface area contributed by atoms with Gasteiger partial charge in [-0.25, -0.2) is 0 Å². The number of methoxy groups -OCH3 is 1. The molecule has 0 saturated carbocycles. The molecule has 0 bridgehead atoms. The number of rotatable bonds is 5. The number of hydrogen-bond donors (Lipinski definition) is 1. The van der Waals surface area contributed by atoms with Crippen LogP contribution in [-0.4, -0.2) is 42.2 Å². The smallest absolute Gasteiger partial charge is 0.106 e. The second kappa shape index (κ2) is 5.16. The fourth-order valence-electron chi connectivity index (χ4n) is 2.10. The zero-order chi connectivity index (χ0) is 12.3. The van der Waals surface area contributed by atoms with E-state index in [4.69, 9.17) is 9.47 Å². The van der Waals surface area contributed by atoms with Crippen LogP contribution in [-0.2, 0) is 23.1 Å². The Bertz CT molecular complexity index is 370. The highest BCUT2D eigenvalue weighted by atomic mass is 16.5. The molecular weight excluding hydrogens is 218 g/mol. The summed E-state index contributed by atoms with van der Waals surface area (Å²) in [6, 6.07) is 0. The van der Waals surface area contributed by atoms with Gasteiger partial charge in [0.15, 0.2) is 0 Å².